The van der Waals surface area contributed by atoms with Crippen molar-refractivity contribution in [1.82, 2.24) is 4.90 Å². The van der Waals surface area contributed by atoms with E-state index in [2.05, 4.69) is 22.5 Å². The van der Waals surface area contributed by atoms with Gasteiger partial charge in [-0.25, -0.2) is 13.4 Å². The van der Waals surface area contributed by atoms with Crippen LogP contribution in [-0.2, 0) is 16.1 Å². The third kappa shape index (κ3) is 7.45. The topological polar surface area (TPSA) is 77.5 Å². The number of benzene rings is 2. The molecule has 2 aliphatic rings. The summed E-state index contributed by atoms with van der Waals surface area (Å²) in [6.07, 6.45) is -2.77. The van der Waals surface area contributed by atoms with E-state index in [9.17, 15) is 21.8 Å². The Morgan fingerprint density at radius 2 is 1.98 bits per heavy atom. The summed E-state index contributed by atoms with van der Waals surface area (Å²) >= 11 is 1.18. The molecule has 3 aromatic rings. The number of fused-ring (bicyclic) bond motifs is 1. The number of piperidine rings is 1. The minimum Gasteiger partial charge on any atom is -0.488 e. The lowest BCUT2D eigenvalue weighted by Gasteiger charge is -2.33. The van der Waals surface area contributed by atoms with Gasteiger partial charge in [0, 0.05) is 19.3 Å². The van der Waals surface area contributed by atoms with E-state index < -0.39 is 34.5 Å². The Balaban J connectivity index is 1.40. The Bertz CT molecular complexity index is 1590. The number of nitrogens with zero attached hydrogens (tertiary/aromatic N) is 1. The molecule has 41 heavy (non-hydrogen) atoms. The lowest BCUT2D eigenvalue weighted by Crippen LogP contribution is -2.46. The Morgan fingerprint density at radius 3 is 2.66 bits per heavy atom. The Morgan fingerprint density at radius 1 is 1.20 bits per heavy atom. The van der Waals surface area contributed by atoms with Crippen molar-refractivity contribution in [3.8, 4) is 17.6 Å². The second-order valence-electron chi connectivity index (χ2n) is 10.7. The second-order valence-corrected chi connectivity index (χ2v) is 13.9. The van der Waals surface area contributed by atoms with E-state index in [-0.39, 0.29) is 18.2 Å². The van der Waals surface area contributed by atoms with Gasteiger partial charge in [-0.2, -0.15) is 13.2 Å². The van der Waals surface area contributed by atoms with Gasteiger partial charge in [0.05, 0.1) is 60.7 Å². The molecule has 6 nitrogen and oxygen atoms in total. The van der Waals surface area contributed by atoms with Crippen LogP contribution in [0.4, 0.5) is 28.9 Å². The predicted octanol–water partition coefficient (Wildman–Crippen LogP) is 6.50. The zero-order valence-electron chi connectivity index (χ0n) is 22.7. The van der Waals surface area contributed by atoms with Crippen LogP contribution in [0.15, 0.2) is 41.3 Å². The van der Waals surface area contributed by atoms with Crippen molar-refractivity contribution in [3.63, 3.8) is 0 Å². The van der Waals surface area contributed by atoms with E-state index in [0.717, 1.165) is 19.4 Å². The number of alkyl halides is 4. The standard InChI is InChI=1S/C29H32F4N4O2S2/c1-37-14-12-23(22(30)17-37)36-25-6-3-5-20-21(16-29(31,32)33)27(40-28(20)25)7-4-13-35-24-11-10-19(41(2,34)38)15-26(24)39-18-8-9-18/h3,5-6,10-11,15,18,22-23,34-36H,8-9,12-14,16-17H2,1-2H3/t22-,23-,41?/m1/s1. The molecule has 3 atom stereocenters. The maximum atomic E-state index is 14.7. The summed E-state index contributed by atoms with van der Waals surface area (Å²) in [6.45, 7) is 1.17. The molecule has 12 heteroatoms. The van der Waals surface area contributed by atoms with Crippen LogP contribution in [0.25, 0.3) is 10.1 Å². The SMILES string of the molecule is CN1CC[C@@H](Nc2cccc3c(CC(F)(F)F)c(C#CCNc4ccc(S(C)(=N)=O)cc4OC4CC4)sc23)[C@H](F)C1. The molecule has 1 unspecified atom stereocenters. The molecule has 3 N–H and O–H groups in total. The van der Waals surface area contributed by atoms with Crippen LogP contribution in [0, 0.1) is 16.6 Å². The van der Waals surface area contributed by atoms with E-state index >= 15 is 0 Å². The van der Waals surface area contributed by atoms with Gasteiger partial charge in [-0.15, -0.1) is 11.3 Å². The molecular formula is C29H32F4N4O2S2. The molecule has 0 radical (unpaired) electrons. The first-order valence-electron chi connectivity index (χ1n) is 13.3. The van der Waals surface area contributed by atoms with E-state index in [1.54, 1.807) is 36.4 Å². The minimum atomic E-state index is -4.42. The van der Waals surface area contributed by atoms with Crippen LogP contribution in [0.3, 0.4) is 0 Å². The highest BCUT2D eigenvalue weighted by atomic mass is 32.2. The highest BCUT2D eigenvalue weighted by molar-refractivity contribution is 7.91. The van der Waals surface area contributed by atoms with Gasteiger partial charge in [0.1, 0.15) is 11.9 Å². The van der Waals surface area contributed by atoms with Gasteiger partial charge in [-0.05, 0) is 61.5 Å². The number of hydrogen-bond acceptors (Lipinski definition) is 7. The van der Waals surface area contributed by atoms with E-state index in [0.29, 0.717) is 49.9 Å². The van der Waals surface area contributed by atoms with Crippen molar-refractivity contribution in [1.29, 1.82) is 4.78 Å². The van der Waals surface area contributed by atoms with Crippen LogP contribution in [0.1, 0.15) is 29.7 Å². The highest BCUT2D eigenvalue weighted by Gasteiger charge is 2.32. The molecule has 1 aromatic heterocycles. The quantitative estimate of drug-likeness (QED) is 0.201. The molecule has 1 aliphatic carbocycles. The number of anilines is 2. The molecular weight excluding hydrogens is 576 g/mol. The van der Waals surface area contributed by atoms with Crippen LogP contribution in [0.5, 0.6) is 5.75 Å². The van der Waals surface area contributed by atoms with Crippen LogP contribution >= 0.6 is 11.3 Å². The molecule has 0 spiro atoms. The molecule has 2 heterocycles. The van der Waals surface area contributed by atoms with Gasteiger partial charge in [0.15, 0.2) is 0 Å². The summed E-state index contributed by atoms with van der Waals surface area (Å²) in [5.74, 6) is 6.34. The summed E-state index contributed by atoms with van der Waals surface area (Å²) in [5, 5.41) is 6.85. The fourth-order valence-electron chi connectivity index (χ4n) is 4.80. The maximum Gasteiger partial charge on any atom is 0.393 e. The summed E-state index contributed by atoms with van der Waals surface area (Å²) in [5.41, 5.74) is 1.34. The predicted molar refractivity (Wildman–Crippen MR) is 157 cm³/mol. The largest absolute Gasteiger partial charge is 0.488 e. The number of rotatable bonds is 8. The number of halogens is 4. The van der Waals surface area contributed by atoms with Gasteiger partial charge in [0.2, 0.25) is 0 Å². The van der Waals surface area contributed by atoms with Gasteiger partial charge >= 0.3 is 6.18 Å². The molecule has 2 fully saturated rings. The first-order valence-corrected chi connectivity index (χ1v) is 16.1. The lowest BCUT2D eigenvalue weighted by molar-refractivity contribution is -0.126. The highest BCUT2D eigenvalue weighted by Crippen LogP contribution is 2.40. The Labute approximate surface area is 241 Å². The minimum absolute atomic E-state index is 0.0731. The van der Waals surface area contributed by atoms with E-state index in [1.807, 2.05) is 11.9 Å². The average Bonchev–Trinajstić information content (AvgIpc) is 3.64. The van der Waals surface area contributed by atoms with Crippen molar-refractivity contribution in [3.05, 3.63) is 46.8 Å². The van der Waals surface area contributed by atoms with Crippen molar-refractivity contribution in [2.24, 2.45) is 0 Å². The molecule has 220 valence electrons. The number of likely N-dealkylation sites (tertiary alicyclic amines) is 1. The normalized spacial score (nSPS) is 21.1. The molecule has 1 saturated carbocycles. The van der Waals surface area contributed by atoms with Gasteiger partial charge < -0.3 is 20.3 Å². The number of nitrogens with one attached hydrogen (secondary N) is 3. The number of thiophene rings is 1. The third-order valence-electron chi connectivity index (χ3n) is 7.07. The van der Waals surface area contributed by atoms with Crippen molar-refractivity contribution in [2.75, 3.05) is 43.6 Å². The fourth-order valence-corrected chi connectivity index (χ4v) is 6.63. The Hall–Kier alpha value is -3.01. The Kier molecular flexibility index (Phi) is 8.41. The van der Waals surface area contributed by atoms with Crippen LogP contribution in [-0.4, -0.2) is 66.5 Å². The van der Waals surface area contributed by atoms with Crippen molar-refractivity contribution in [2.45, 2.75) is 55.1 Å². The summed E-state index contributed by atoms with van der Waals surface area (Å²) in [6, 6.07) is 9.57. The van der Waals surface area contributed by atoms with Crippen LogP contribution < -0.4 is 15.4 Å². The third-order valence-corrected chi connectivity index (χ3v) is 9.42. The van der Waals surface area contributed by atoms with Gasteiger partial charge in [0.25, 0.3) is 0 Å². The molecule has 0 amide bonds. The molecule has 1 aliphatic heterocycles. The molecule has 2 aromatic carbocycles. The summed E-state index contributed by atoms with van der Waals surface area (Å²) in [7, 11) is -1.06. The monoisotopic (exact) mass is 608 g/mol. The second kappa shape index (κ2) is 11.7. The summed E-state index contributed by atoms with van der Waals surface area (Å²) < 4.78 is 82.1. The maximum absolute atomic E-state index is 14.7. The van der Waals surface area contributed by atoms with Crippen LogP contribution in [0.2, 0.25) is 0 Å². The first kappa shape index (κ1) is 29.5. The van der Waals surface area contributed by atoms with Crippen molar-refractivity contribution < 1.29 is 26.5 Å². The van der Waals surface area contributed by atoms with E-state index in [4.69, 9.17) is 9.52 Å². The molecule has 1 saturated heterocycles. The fraction of sp³-hybridized carbons (Fsp3) is 0.448. The number of ether oxygens (including phenoxy) is 1. The van der Waals surface area contributed by atoms with E-state index in [1.165, 1.54) is 17.6 Å². The summed E-state index contributed by atoms with van der Waals surface area (Å²) in [4.78, 5) is 2.60. The molecule has 5 rings (SSSR count). The van der Waals surface area contributed by atoms with Gasteiger partial charge in [-0.1, -0.05) is 24.0 Å². The smallest absolute Gasteiger partial charge is 0.393 e. The average molecular weight is 609 g/mol. The molecule has 0 bridgehead atoms. The number of hydrogen-bond donors (Lipinski definition) is 3. The van der Waals surface area contributed by atoms with Gasteiger partial charge in [-0.3, -0.25) is 0 Å². The zero-order valence-corrected chi connectivity index (χ0v) is 24.4. The first-order chi connectivity index (χ1) is 19.4. The lowest BCUT2D eigenvalue weighted by atomic mass is 10.0. The zero-order chi connectivity index (χ0) is 29.4. The van der Waals surface area contributed by atoms with Crippen molar-refractivity contribution >= 4 is 42.5 Å².